The molecular weight excluding hydrogens is 306 g/mol. The Balaban J connectivity index is 1.81. The van der Waals surface area contributed by atoms with Crippen molar-refractivity contribution in [2.24, 2.45) is 16.1 Å². The number of hydrogen-bond acceptors (Lipinski definition) is 6. The Morgan fingerprint density at radius 3 is 2.62 bits per heavy atom. The summed E-state index contributed by atoms with van der Waals surface area (Å²) in [7, 11) is 1.66. The monoisotopic (exact) mass is 329 g/mol. The third-order valence-corrected chi connectivity index (χ3v) is 4.03. The maximum atomic E-state index is 10.4. The lowest BCUT2D eigenvalue weighted by Crippen LogP contribution is -2.65. The molecule has 0 aliphatic carbocycles. The second-order valence-corrected chi connectivity index (χ2v) is 6.77. The van der Waals surface area contributed by atoms with Crippen LogP contribution < -0.4 is 11.2 Å². The Labute approximate surface area is 141 Å². The highest BCUT2D eigenvalue weighted by molar-refractivity contribution is 5.28. The normalized spacial score (nSPS) is 35.0. The first-order chi connectivity index (χ1) is 11.2. The van der Waals surface area contributed by atoms with E-state index in [1.807, 2.05) is 50.3 Å². The van der Waals surface area contributed by atoms with Crippen LogP contribution in [0, 0.1) is 6.42 Å². The summed E-state index contributed by atoms with van der Waals surface area (Å²) in [6, 6.07) is 9.84. The van der Waals surface area contributed by atoms with Crippen LogP contribution in [0.25, 0.3) is 0 Å². The van der Waals surface area contributed by atoms with Crippen molar-refractivity contribution < 1.29 is 14.5 Å². The predicted octanol–water partition coefficient (Wildman–Crippen LogP) is 2.08. The molecule has 4 N–H and O–H groups in total. The van der Waals surface area contributed by atoms with Gasteiger partial charge in [0.25, 0.3) is 0 Å². The van der Waals surface area contributed by atoms with Crippen LogP contribution in [0.3, 0.4) is 0 Å². The van der Waals surface area contributed by atoms with E-state index in [4.69, 9.17) is 10.5 Å². The van der Waals surface area contributed by atoms with Gasteiger partial charge in [-0.2, -0.15) is 0 Å². The van der Waals surface area contributed by atoms with Crippen molar-refractivity contribution in [1.29, 1.82) is 0 Å². The second kappa shape index (κ2) is 5.78. The summed E-state index contributed by atoms with van der Waals surface area (Å²) < 4.78 is 5.25. The Morgan fingerprint density at radius 2 is 2.00 bits per heavy atom. The lowest BCUT2D eigenvalue weighted by atomic mass is 10.0. The molecule has 0 spiro atoms. The van der Waals surface area contributed by atoms with E-state index in [0.29, 0.717) is 5.70 Å². The molecule has 1 saturated heterocycles. The Kier molecular flexibility index (Phi) is 4.05. The van der Waals surface area contributed by atoms with E-state index in [2.05, 4.69) is 15.8 Å². The van der Waals surface area contributed by atoms with E-state index >= 15 is 0 Å². The van der Waals surface area contributed by atoms with Crippen LogP contribution in [0.1, 0.15) is 25.5 Å². The molecule has 7 heteroatoms. The van der Waals surface area contributed by atoms with Crippen molar-refractivity contribution in [1.82, 2.24) is 5.43 Å². The van der Waals surface area contributed by atoms with E-state index < -0.39 is 11.4 Å². The highest BCUT2D eigenvalue weighted by Gasteiger charge is 2.59. The SMILES string of the molecule is CC1(C)[CH]C(N)(O)[N+](C)(N=NC2=CC(c3ccccc3)OC=C2)N1. The maximum absolute atomic E-state index is 10.4. The molecule has 3 unspecified atom stereocenters. The van der Waals surface area contributed by atoms with Gasteiger partial charge in [-0.1, -0.05) is 40.1 Å². The number of nitrogens with two attached hydrogens (primary N) is 1. The predicted molar refractivity (Wildman–Crippen MR) is 89.2 cm³/mol. The number of hydrogen-bond donors (Lipinski definition) is 3. The van der Waals surface area contributed by atoms with Crippen molar-refractivity contribution in [3.63, 3.8) is 0 Å². The van der Waals surface area contributed by atoms with Gasteiger partial charge in [0.05, 0.1) is 29.1 Å². The van der Waals surface area contributed by atoms with E-state index in [1.54, 1.807) is 25.8 Å². The Hall–Kier alpha value is -2.06. The fourth-order valence-electron chi connectivity index (χ4n) is 2.90. The maximum Gasteiger partial charge on any atom is 0.308 e. The van der Waals surface area contributed by atoms with Gasteiger partial charge < -0.3 is 9.84 Å². The van der Waals surface area contributed by atoms with E-state index in [0.717, 1.165) is 5.56 Å². The van der Waals surface area contributed by atoms with Crippen molar-refractivity contribution >= 4 is 0 Å². The average Bonchev–Trinajstić information content (AvgIpc) is 2.69. The number of nitrogens with one attached hydrogen (secondary N) is 1. The molecule has 2 heterocycles. The zero-order chi connectivity index (χ0) is 17.4. The fourth-order valence-corrected chi connectivity index (χ4v) is 2.90. The number of rotatable bonds is 3. The first-order valence-corrected chi connectivity index (χ1v) is 7.77. The fraction of sp³-hybridized carbons (Fsp3) is 0.353. The number of aliphatic hydroxyl groups is 1. The third-order valence-electron chi connectivity index (χ3n) is 4.03. The lowest BCUT2D eigenvalue weighted by molar-refractivity contribution is -1.02. The van der Waals surface area contributed by atoms with Crippen LogP contribution in [0.4, 0.5) is 0 Å². The molecule has 0 bridgehead atoms. The van der Waals surface area contributed by atoms with Gasteiger partial charge in [-0.15, -0.1) is 5.43 Å². The molecule has 2 aliphatic rings. The van der Waals surface area contributed by atoms with Crippen LogP contribution in [0.15, 0.2) is 64.8 Å². The molecule has 24 heavy (non-hydrogen) atoms. The van der Waals surface area contributed by atoms with Gasteiger partial charge in [0.15, 0.2) is 0 Å². The zero-order valence-electron chi connectivity index (χ0n) is 14.0. The van der Waals surface area contributed by atoms with Crippen molar-refractivity contribution in [2.45, 2.75) is 31.3 Å². The number of ether oxygens (including phenoxy) is 1. The minimum Gasteiger partial charge on any atom is -0.489 e. The Morgan fingerprint density at radius 1 is 1.29 bits per heavy atom. The second-order valence-electron chi connectivity index (χ2n) is 6.77. The first kappa shape index (κ1) is 16.8. The summed E-state index contributed by atoms with van der Waals surface area (Å²) in [5.74, 6) is -1.65. The van der Waals surface area contributed by atoms with Crippen LogP contribution >= 0.6 is 0 Å². The summed E-state index contributed by atoms with van der Waals surface area (Å²) in [6.45, 7) is 3.81. The van der Waals surface area contributed by atoms with Gasteiger partial charge in [0.1, 0.15) is 13.2 Å². The Bertz CT molecular complexity index is 696. The molecule has 2 aliphatic heterocycles. The largest absolute Gasteiger partial charge is 0.489 e. The minimum absolute atomic E-state index is 0.221. The first-order valence-electron chi connectivity index (χ1n) is 7.77. The van der Waals surface area contributed by atoms with E-state index in [9.17, 15) is 5.11 Å². The van der Waals surface area contributed by atoms with Crippen LogP contribution in [-0.2, 0) is 4.74 Å². The van der Waals surface area contributed by atoms with Crippen molar-refractivity contribution in [2.75, 3.05) is 7.05 Å². The highest BCUT2D eigenvalue weighted by atomic mass is 16.5. The quantitative estimate of drug-likeness (QED) is 0.450. The lowest BCUT2D eigenvalue weighted by Gasteiger charge is -2.30. The summed E-state index contributed by atoms with van der Waals surface area (Å²) in [5.41, 5.74) is 10.3. The summed E-state index contributed by atoms with van der Waals surface area (Å²) >= 11 is 0. The zero-order valence-corrected chi connectivity index (χ0v) is 14.0. The molecule has 7 nitrogen and oxygen atoms in total. The molecule has 3 atom stereocenters. The van der Waals surface area contributed by atoms with Gasteiger partial charge in [0.2, 0.25) is 0 Å². The van der Waals surface area contributed by atoms with Gasteiger partial charge in [-0.25, -0.2) is 0 Å². The van der Waals surface area contributed by atoms with Crippen molar-refractivity contribution in [3.05, 3.63) is 66.4 Å². The van der Waals surface area contributed by atoms with Crippen LogP contribution in [0.2, 0.25) is 0 Å². The van der Waals surface area contributed by atoms with Gasteiger partial charge in [-0.05, 0) is 25.5 Å². The van der Waals surface area contributed by atoms with E-state index in [-0.39, 0.29) is 10.8 Å². The molecule has 1 radical (unpaired) electrons. The highest BCUT2D eigenvalue weighted by Crippen LogP contribution is 2.33. The van der Waals surface area contributed by atoms with Crippen LogP contribution in [-0.4, -0.2) is 28.2 Å². The molecule has 1 aromatic rings. The standard InChI is InChI=1S/C17H23N5O2/c1-16(2)12-17(18,23)22(3,20-16)21-19-14-9-10-24-15(11-14)13-7-5-4-6-8-13/h4-12,15,20,23H,18H2,1-3H3/q+1. The number of allylic oxidation sites excluding steroid dienone is 1. The smallest absolute Gasteiger partial charge is 0.308 e. The molecule has 127 valence electrons. The van der Waals surface area contributed by atoms with Gasteiger partial charge in [-0.3, -0.25) is 5.73 Å². The molecule has 1 fully saturated rings. The summed E-state index contributed by atoms with van der Waals surface area (Å²) in [6.07, 6.45) is 6.57. The third kappa shape index (κ3) is 3.25. The number of quaternary nitrogens is 1. The number of nitrogens with zero attached hydrogens (tertiary/aromatic N) is 3. The van der Waals surface area contributed by atoms with E-state index in [1.165, 1.54) is 0 Å². The van der Waals surface area contributed by atoms with Gasteiger partial charge in [0, 0.05) is 6.08 Å². The molecule has 3 rings (SSSR count). The molecular formula is C17H23N5O2+. The summed E-state index contributed by atoms with van der Waals surface area (Å²) in [5, 5.41) is 18.9. The molecule has 0 saturated carbocycles. The molecule has 0 amide bonds. The van der Waals surface area contributed by atoms with Gasteiger partial charge >= 0.3 is 5.85 Å². The molecule has 1 aromatic carbocycles. The number of benzene rings is 1. The van der Waals surface area contributed by atoms with Crippen LogP contribution in [0.5, 0.6) is 0 Å². The van der Waals surface area contributed by atoms with Crippen molar-refractivity contribution in [3.8, 4) is 0 Å². The average molecular weight is 329 g/mol. The summed E-state index contributed by atoms with van der Waals surface area (Å²) in [4.78, 5) is 0. The minimum atomic E-state index is -1.65. The molecule has 0 aromatic heterocycles. The topological polar surface area (TPSA) is 92.2 Å².